The number of methoxy groups -OCH3 is 1. The van der Waals surface area contributed by atoms with Gasteiger partial charge in [0.1, 0.15) is 23.9 Å². The number of imidazole rings is 1. The molecule has 1 aromatic carbocycles. The summed E-state index contributed by atoms with van der Waals surface area (Å²) in [4.78, 5) is 29.3. The van der Waals surface area contributed by atoms with E-state index >= 15 is 0 Å². The number of aryl methyl sites for hydroxylation is 1. The molecular weight excluding hydrogens is 442 g/mol. The van der Waals surface area contributed by atoms with Crippen LogP contribution in [0.15, 0.2) is 36.5 Å². The van der Waals surface area contributed by atoms with Crippen LogP contribution in [0.2, 0.25) is 0 Å². The number of hydrogen-bond donors (Lipinski definition) is 0. The lowest BCUT2D eigenvalue weighted by molar-refractivity contribution is -0.146. The Hall–Kier alpha value is -3.29. The van der Waals surface area contributed by atoms with E-state index in [4.69, 9.17) is 9.47 Å². The van der Waals surface area contributed by atoms with Crippen molar-refractivity contribution >= 4 is 17.4 Å². The second-order valence-corrected chi connectivity index (χ2v) is 8.80. The van der Waals surface area contributed by atoms with Crippen LogP contribution in [0.25, 0.3) is 5.65 Å². The topological polar surface area (TPSA) is 69.9 Å². The summed E-state index contributed by atoms with van der Waals surface area (Å²) in [5.74, 6) is -0.809. The molecule has 3 aromatic rings. The lowest BCUT2D eigenvalue weighted by atomic mass is 9.79. The smallest absolute Gasteiger partial charge is 0.308 e. The molecule has 0 aliphatic heterocycles. The Kier molecular flexibility index (Phi) is 7.24. The predicted molar refractivity (Wildman–Crippen MR) is 122 cm³/mol. The number of ketones is 1. The van der Waals surface area contributed by atoms with Crippen molar-refractivity contribution in [3.63, 3.8) is 0 Å². The SMILES string of the molecule is COC(=O)C1CCC(CCC(=O)c2c(C)nc3c(OCc4c(F)cccc4F)cccn23)CC1. The molecule has 0 atom stereocenters. The summed E-state index contributed by atoms with van der Waals surface area (Å²) in [5.41, 5.74) is 1.33. The number of rotatable bonds is 8. The Labute approximate surface area is 196 Å². The van der Waals surface area contributed by atoms with Gasteiger partial charge in [0, 0.05) is 12.6 Å². The van der Waals surface area contributed by atoms with E-state index in [1.807, 2.05) is 0 Å². The number of benzene rings is 1. The highest BCUT2D eigenvalue weighted by atomic mass is 19.1. The zero-order chi connectivity index (χ0) is 24.2. The maximum atomic E-state index is 14.0. The summed E-state index contributed by atoms with van der Waals surface area (Å²) in [6.07, 6.45) is 6.27. The van der Waals surface area contributed by atoms with Crippen molar-refractivity contribution in [2.75, 3.05) is 7.11 Å². The first-order valence-electron chi connectivity index (χ1n) is 11.5. The highest BCUT2D eigenvalue weighted by Crippen LogP contribution is 2.33. The molecule has 0 unspecified atom stereocenters. The van der Waals surface area contributed by atoms with Crippen molar-refractivity contribution in [2.24, 2.45) is 11.8 Å². The van der Waals surface area contributed by atoms with Crippen LogP contribution >= 0.6 is 0 Å². The summed E-state index contributed by atoms with van der Waals surface area (Å²) in [6.45, 7) is 1.48. The Bertz CT molecular complexity index is 1180. The molecule has 0 amide bonds. The van der Waals surface area contributed by atoms with Crippen LogP contribution in [0.3, 0.4) is 0 Å². The van der Waals surface area contributed by atoms with Gasteiger partial charge in [-0.05, 0) is 69.2 Å². The average Bonchev–Trinajstić information content (AvgIpc) is 3.18. The summed E-state index contributed by atoms with van der Waals surface area (Å²) in [7, 11) is 1.42. The van der Waals surface area contributed by atoms with Crippen LogP contribution in [0, 0.1) is 30.4 Å². The third-order valence-corrected chi connectivity index (χ3v) is 6.65. The Balaban J connectivity index is 1.44. The number of Topliss-reactive ketones (excluding diaryl/α,β-unsaturated/α-hetero) is 1. The number of pyridine rings is 1. The number of carbonyl (C=O) groups excluding carboxylic acids is 2. The quantitative estimate of drug-likeness (QED) is 0.324. The Morgan fingerprint density at radius 2 is 1.79 bits per heavy atom. The number of nitrogens with zero attached hydrogens (tertiary/aromatic N) is 2. The number of ether oxygens (including phenoxy) is 2. The fourth-order valence-electron chi connectivity index (χ4n) is 4.73. The number of fused-ring (bicyclic) bond motifs is 1. The molecule has 180 valence electrons. The largest absolute Gasteiger partial charge is 0.485 e. The van der Waals surface area contributed by atoms with Gasteiger partial charge in [0.05, 0.1) is 24.3 Å². The molecule has 8 heteroatoms. The van der Waals surface area contributed by atoms with Gasteiger partial charge < -0.3 is 9.47 Å². The number of hydrogen-bond acceptors (Lipinski definition) is 5. The van der Waals surface area contributed by atoms with E-state index in [0.717, 1.165) is 32.1 Å². The number of aromatic nitrogens is 2. The third-order valence-electron chi connectivity index (χ3n) is 6.65. The summed E-state index contributed by atoms with van der Waals surface area (Å²) < 4.78 is 40.1. The van der Waals surface area contributed by atoms with E-state index in [1.165, 1.54) is 25.3 Å². The third kappa shape index (κ3) is 4.95. The minimum absolute atomic E-state index is 0.0163. The maximum Gasteiger partial charge on any atom is 0.308 e. The van der Waals surface area contributed by atoms with Gasteiger partial charge in [-0.25, -0.2) is 13.8 Å². The zero-order valence-electron chi connectivity index (χ0n) is 19.4. The molecule has 2 aromatic heterocycles. The van der Waals surface area contributed by atoms with Gasteiger partial charge in [-0.15, -0.1) is 0 Å². The van der Waals surface area contributed by atoms with Gasteiger partial charge in [-0.2, -0.15) is 0 Å². The zero-order valence-corrected chi connectivity index (χ0v) is 19.4. The van der Waals surface area contributed by atoms with Crippen LogP contribution in [0.4, 0.5) is 8.78 Å². The van der Waals surface area contributed by atoms with Gasteiger partial charge in [0.25, 0.3) is 0 Å². The van der Waals surface area contributed by atoms with Crippen LogP contribution in [0.1, 0.15) is 60.3 Å². The molecule has 0 N–H and O–H groups in total. The molecule has 0 radical (unpaired) electrons. The summed E-state index contributed by atoms with van der Waals surface area (Å²) in [5, 5.41) is 0. The number of esters is 1. The monoisotopic (exact) mass is 470 g/mol. The normalized spacial score (nSPS) is 18.1. The molecule has 0 saturated heterocycles. The standard InChI is InChI=1S/C26H28F2N2O4/c1-16-24(22(31)13-10-17-8-11-18(12-9-17)26(32)33-2)30-14-4-7-23(25(30)29-16)34-15-19-20(27)5-3-6-21(19)28/h3-7,14,17-18H,8-13,15H2,1-2H3. The van der Waals surface area contributed by atoms with Crippen molar-refractivity contribution < 1.29 is 27.8 Å². The minimum Gasteiger partial charge on any atom is -0.485 e. The van der Waals surface area contributed by atoms with Gasteiger partial charge in [0.2, 0.25) is 0 Å². The molecular formula is C26H28F2N2O4. The number of carbonyl (C=O) groups is 2. The molecule has 0 spiro atoms. The molecule has 34 heavy (non-hydrogen) atoms. The Morgan fingerprint density at radius 3 is 2.47 bits per heavy atom. The predicted octanol–water partition coefficient (Wildman–Crippen LogP) is 5.44. The lowest BCUT2D eigenvalue weighted by Crippen LogP contribution is -2.23. The second-order valence-electron chi connectivity index (χ2n) is 8.80. The number of halogens is 2. The molecule has 4 rings (SSSR count). The van der Waals surface area contributed by atoms with Gasteiger partial charge >= 0.3 is 5.97 Å². The molecule has 6 nitrogen and oxygen atoms in total. The van der Waals surface area contributed by atoms with Crippen molar-refractivity contribution in [1.29, 1.82) is 0 Å². The van der Waals surface area contributed by atoms with Gasteiger partial charge in [-0.1, -0.05) is 6.07 Å². The van der Waals surface area contributed by atoms with E-state index in [0.29, 0.717) is 35.1 Å². The maximum absolute atomic E-state index is 14.0. The lowest BCUT2D eigenvalue weighted by Gasteiger charge is -2.26. The van der Waals surface area contributed by atoms with Crippen LogP contribution < -0.4 is 4.74 Å². The molecule has 1 saturated carbocycles. The summed E-state index contributed by atoms with van der Waals surface area (Å²) >= 11 is 0. The Morgan fingerprint density at radius 1 is 1.09 bits per heavy atom. The van der Waals surface area contributed by atoms with Crippen LogP contribution in [0.5, 0.6) is 5.75 Å². The highest BCUT2D eigenvalue weighted by Gasteiger charge is 2.28. The van der Waals surface area contributed by atoms with Crippen LogP contribution in [-0.2, 0) is 16.1 Å². The van der Waals surface area contributed by atoms with Crippen LogP contribution in [-0.4, -0.2) is 28.2 Å². The van der Waals surface area contributed by atoms with E-state index in [1.54, 1.807) is 29.7 Å². The van der Waals surface area contributed by atoms with Crippen molar-refractivity contribution in [3.8, 4) is 5.75 Å². The molecule has 0 bridgehead atoms. The van der Waals surface area contributed by atoms with Crippen molar-refractivity contribution in [3.05, 3.63) is 65.1 Å². The van der Waals surface area contributed by atoms with E-state index in [-0.39, 0.29) is 29.8 Å². The molecule has 1 aliphatic carbocycles. The highest BCUT2D eigenvalue weighted by molar-refractivity contribution is 5.96. The van der Waals surface area contributed by atoms with Crippen molar-refractivity contribution in [2.45, 2.75) is 52.1 Å². The minimum atomic E-state index is -0.678. The van der Waals surface area contributed by atoms with E-state index in [2.05, 4.69) is 4.98 Å². The van der Waals surface area contributed by atoms with E-state index in [9.17, 15) is 18.4 Å². The fraction of sp³-hybridized carbons (Fsp3) is 0.423. The fourth-order valence-corrected chi connectivity index (χ4v) is 4.73. The van der Waals surface area contributed by atoms with Gasteiger partial charge in [-0.3, -0.25) is 14.0 Å². The van der Waals surface area contributed by atoms with Gasteiger partial charge in [0.15, 0.2) is 17.2 Å². The molecule has 1 aliphatic rings. The first-order chi connectivity index (χ1) is 16.4. The van der Waals surface area contributed by atoms with Crippen molar-refractivity contribution in [1.82, 2.24) is 9.38 Å². The first kappa shape index (κ1) is 23.9. The first-order valence-corrected chi connectivity index (χ1v) is 11.5. The average molecular weight is 471 g/mol. The molecule has 1 fully saturated rings. The molecule has 2 heterocycles. The van der Waals surface area contributed by atoms with E-state index < -0.39 is 11.6 Å². The second kappa shape index (κ2) is 10.3. The summed E-state index contributed by atoms with van der Waals surface area (Å²) in [6, 6.07) is 7.04.